The van der Waals surface area contributed by atoms with Crippen LogP contribution in [0.1, 0.15) is 13.3 Å². The van der Waals surface area contributed by atoms with E-state index in [9.17, 15) is 0 Å². The van der Waals surface area contributed by atoms with Crippen LogP contribution in [-0.4, -0.2) is 11.8 Å². The van der Waals surface area contributed by atoms with Gasteiger partial charge < -0.3 is 0 Å². The normalized spacial score (nSPS) is 32.6. The van der Waals surface area contributed by atoms with E-state index in [-0.39, 0.29) is 5.54 Å². The number of allylic oxidation sites excluding steroid dienone is 1. The van der Waals surface area contributed by atoms with Crippen molar-refractivity contribution in [1.29, 1.82) is 0 Å². The van der Waals surface area contributed by atoms with Gasteiger partial charge in [-0.25, -0.2) is 0 Å². The third-order valence-corrected chi connectivity index (χ3v) is 1.56. The maximum absolute atomic E-state index is 4.25. The molecule has 0 unspecified atom stereocenters. The van der Waals surface area contributed by atoms with Crippen molar-refractivity contribution in [2.45, 2.75) is 18.9 Å². The Labute approximate surface area is 55.8 Å². The van der Waals surface area contributed by atoms with Crippen molar-refractivity contribution < 1.29 is 0 Å². The topological polar surface area (TPSA) is 12.4 Å². The molecule has 0 radical (unpaired) electrons. The molecule has 1 atom stereocenters. The largest absolute Gasteiger partial charge is 0.282 e. The van der Waals surface area contributed by atoms with Crippen LogP contribution >= 0.6 is 0 Å². The van der Waals surface area contributed by atoms with Crippen molar-refractivity contribution in [3.8, 4) is 0 Å². The highest BCUT2D eigenvalue weighted by atomic mass is 14.8. The van der Waals surface area contributed by atoms with Crippen LogP contribution in [0.4, 0.5) is 0 Å². The summed E-state index contributed by atoms with van der Waals surface area (Å²) in [6.45, 7) is 5.78. The van der Waals surface area contributed by atoms with Crippen molar-refractivity contribution in [2.24, 2.45) is 4.99 Å². The standard InChI is InChI=1S/C8H11N/c1-3-8(2)6-4-5-7-9-8/h3-5,7H,1,6H2,2H3/t8-/m1/s1. The molecule has 48 valence electrons. The Hall–Kier alpha value is -0.850. The Morgan fingerprint density at radius 2 is 2.56 bits per heavy atom. The molecule has 1 nitrogen and oxygen atoms in total. The average Bonchev–Trinajstić information content (AvgIpc) is 1.90. The molecule has 0 aromatic carbocycles. The van der Waals surface area contributed by atoms with Crippen molar-refractivity contribution in [2.75, 3.05) is 0 Å². The van der Waals surface area contributed by atoms with E-state index in [1.165, 1.54) is 0 Å². The minimum Gasteiger partial charge on any atom is -0.282 e. The van der Waals surface area contributed by atoms with Crippen LogP contribution in [0.5, 0.6) is 0 Å². The molecule has 1 aliphatic heterocycles. The van der Waals surface area contributed by atoms with E-state index < -0.39 is 0 Å². The lowest BCUT2D eigenvalue weighted by Gasteiger charge is -2.19. The molecule has 0 bridgehead atoms. The van der Waals surface area contributed by atoms with Gasteiger partial charge in [0.2, 0.25) is 0 Å². The van der Waals surface area contributed by atoms with Crippen LogP contribution in [0.25, 0.3) is 0 Å². The molecule has 0 aromatic heterocycles. The molecule has 0 spiro atoms. The highest BCUT2D eigenvalue weighted by molar-refractivity contribution is 5.72. The summed E-state index contributed by atoms with van der Waals surface area (Å²) in [7, 11) is 0. The predicted octanol–water partition coefficient (Wildman–Crippen LogP) is 1.96. The highest BCUT2D eigenvalue weighted by Gasteiger charge is 2.16. The zero-order chi connectivity index (χ0) is 6.74. The maximum atomic E-state index is 4.25. The van der Waals surface area contributed by atoms with Gasteiger partial charge in [-0.15, -0.1) is 6.58 Å². The molecule has 1 rings (SSSR count). The second kappa shape index (κ2) is 2.18. The van der Waals surface area contributed by atoms with Crippen LogP contribution in [-0.2, 0) is 0 Å². The zero-order valence-corrected chi connectivity index (χ0v) is 5.67. The highest BCUT2D eigenvalue weighted by Crippen LogP contribution is 2.18. The lowest BCUT2D eigenvalue weighted by Crippen LogP contribution is -2.18. The fourth-order valence-electron chi connectivity index (χ4n) is 0.770. The van der Waals surface area contributed by atoms with Crippen molar-refractivity contribution in [1.82, 2.24) is 0 Å². The van der Waals surface area contributed by atoms with E-state index in [0.717, 1.165) is 6.42 Å². The number of dihydropyridines is 1. The Balaban J connectivity index is 2.73. The van der Waals surface area contributed by atoms with Crippen molar-refractivity contribution >= 4 is 6.21 Å². The van der Waals surface area contributed by atoms with E-state index in [0.29, 0.717) is 0 Å². The maximum Gasteiger partial charge on any atom is 0.0791 e. The van der Waals surface area contributed by atoms with Gasteiger partial charge in [0.05, 0.1) is 5.54 Å². The molecule has 0 aromatic rings. The molecule has 0 N–H and O–H groups in total. The zero-order valence-electron chi connectivity index (χ0n) is 5.67. The fraction of sp³-hybridized carbons (Fsp3) is 0.375. The molecule has 0 fully saturated rings. The first-order valence-electron chi connectivity index (χ1n) is 3.11. The van der Waals surface area contributed by atoms with Gasteiger partial charge in [-0.05, 0) is 19.4 Å². The second-order valence-corrected chi connectivity index (χ2v) is 2.47. The molecule has 1 heterocycles. The summed E-state index contributed by atoms with van der Waals surface area (Å²) in [6.07, 6.45) is 8.76. The third-order valence-electron chi connectivity index (χ3n) is 1.56. The second-order valence-electron chi connectivity index (χ2n) is 2.47. The Morgan fingerprint density at radius 3 is 2.89 bits per heavy atom. The number of aliphatic imine (C=N–C) groups is 1. The molecule has 0 aliphatic carbocycles. The Bertz CT molecular complexity index is 167. The predicted molar refractivity (Wildman–Crippen MR) is 40.9 cm³/mol. The SMILES string of the molecule is C=C[C@]1(C)CC=CC=N1. The summed E-state index contributed by atoms with van der Waals surface area (Å²) in [5.74, 6) is 0. The van der Waals surface area contributed by atoms with Gasteiger partial charge in [0.25, 0.3) is 0 Å². The smallest absolute Gasteiger partial charge is 0.0791 e. The van der Waals surface area contributed by atoms with Gasteiger partial charge >= 0.3 is 0 Å². The summed E-state index contributed by atoms with van der Waals surface area (Å²) in [5.41, 5.74) is -0.0330. The van der Waals surface area contributed by atoms with Gasteiger partial charge in [0.1, 0.15) is 0 Å². The number of hydrogen-bond acceptors (Lipinski definition) is 1. The Morgan fingerprint density at radius 1 is 1.78 bits per heavy atom. The van der Waals surface area contributed by atoms with E-state index in [2.05, 4.69) is 24.6 Å². The summed E-state index contributed by atoms with van der Waals surface area (Å²) < 4.78 is 0. The molecule has 0 saturated heterocycles. The molecular weight excluding hydrogens is 110 g/mol. The first kappa shape index (κ1) is 6.27. The summed E-state index contributed by atoms with van der Waals surface area (Å²) >= 11 is 0. The monoisotopic (exact) mass is 121 g/mol. The summed E-state index contributed by atoms with van der Waals surface area (Å²) in [5, 5.41) is 0. The van der Waals surface area contributed by atoms with E-state index >= 15 is 0 Å². The molecule has 9 heavy (non-hydrogen) atoms. The van der Waals surface area contributed by atoms with Gasteiger partial charge in [0.15, 0.2) is 0 Å². The molecular formula is C8H11N. The van der Waals surface area contributed by atoms with Crippen LogP contribution in [0.15, 0.2) is 29.8 Å². The van der Waals surface area contributed by atoms with Crippen LogP contribution in [0.2, 0.25) is 0 Å². The quantitative estimate of drug-likeness (QED) is 0.470. The van der Waals surface area contributed by atoms with E-state index in [4.69, 9.17) is 0 Å². The summed E-state index contributed by atoms with van der Waals surface area (Å²) in [6, 6.07) is 0. The van der Waals surface area contributed by atoms with Gasteiger partial charge in [0, 0.05) is 6.21 Å². The van der Waals surface area contributed by atoms with Crippen LogP contribution in [0.3, 0.4) is 0 Å². The minimum atomic E-state index is -0.0330. The number of hydrogen-bond donors (Lipinski definition) is 0. The first-order chi connectivity index (χ1) is 4.27. The van der Waals surface area contributed by atoms with E-state index in [1.54, 1.807) is 0 Å². The fourth-order valence-corrected chi connectivity index (χ4v) is 0.770. The van der Waals surface area contributed by atoms with Crippen molar-refractivity contribution in [3.63, 3.8) is 0 Å². The molecule has 1 aliphatic rings. The minimum absolute atomic E-state index is 0.0330. The first-order valence-corrected chi connectivity index (χ1v) is 3.11. The van der Waals surface area contributed by atoms with Crippen molar-refractivity contribution in [3.05, 3.63) is 24.8 Å². The van der Waals surface area contributed by atoms with Crippen LogP contribution < -0.4 is 0 Å². The molecule has 0 saturated carbocycles. The van der Waals surface area contributed by atoms with Crippen LogP contribution in [0, 0.1) is 0 Å². The number of nitrogens with zero attached hydrogens (tertiary/aromatic N) is 1. The molecule has 0 amide bonds. The lowest BCUT2D eigenvalue weighted by atomic mass is 9.97. The van der Waals surface area contributed by atoms with Gasteiger partial charge in [-0.1, -0.05) is 12.2 Å². The van der Waals surface area contributed by atoms with Gasteiger partial charge in [-0.2, -0.15) is 0 Å². The van der Waals surface area contributed by atoms with Gasteiger partial charge in [-0.3, -0.25) is 4.99 Å². The van der Waals surface area contributed by atoms with E-state index in [1.807, 2.05) is 18.4 Å². The number of rotatable bonds is 1. The average molecular weight is 121 g/mol. The Kier molecular flexibility index (Phi) is 1.52. The third kappa shape index (κ3) is 1.28. The molecule has 1 heteroatoms. The lowest BCUT2D eigenvalue weighted by molar-refractivity contribution is 0.598. The summed E-state index contributed by atoms with van der Waals surface area (Å²) in [4.78, 5) is 4.25.